The van der Waals surface area contributed by atoms with Gasteiger partial charge in [0.2, 0.25) is 0 Å². The number of anilines is 1. The van der Waals surface area contributed by atoms with Crippen LogP contribution in [0.25, 0.3) is 0 Å². The Kier molecular flexibility index (Phi) is 3.94. The van der Waals surface area contributed by atoms with E-state index in [0.29, 0.717) is 16.1 Å². The molecule has 1 aliphatic carbocycles. The molecule has 4 nitrogen and oxygen atoms in total. The summed E-state index contributed by atoms with van der Waals surface area (Å²) in [6, 6.07) is 5.27. The number of carbonyl (C=O) groups excluding carboxylic acids is 2. The van der Waals surface area contributed by atoms with Gasteiger partial charge in [-0.3, -0.25) is 4.79 Å². The van der Waals surface area contributed by atoms with Crippen molar-refractivity contribution in [1.82, 2.24) is 0 Å². The standard InChI is InChI=1S/C16H14FNO3S/c1-21-16(20)13-11-3-2-4-12(11)22-15(13)18-14(19)9-5-7-10(17)8-6-9/h5-8H,2-4H2,1H3,(H,18,19). The highest BCUT2D eigenvalue weighted by atomic mass is 32.1. The monoisotopic (exact) mass is 319 g/mol. The van der Waals surface area contributed by atoms with Crippen LogP contribution in [0.15, 0.2) is 24.3 Å². The maximum absolute atomic E-state index is 12.9. The number of thiophene rings is 1. The molecule has 0 fully saturated rings. The van der Waals surface area contributed by atoms with Gasteiger partial charge in [-0.05, 0) is 49.1 Å². The van der Waals surface area contributed by atoms with Gasteiger partial charge >= 0.3 is 5.97 Å². The summed E-state index contributed by atoms with van der Waals surface area (Å²) >= 11 is 1.41. The molecule has 1 aromatic heterocycles. The SMILES string of the molecule is COC(=O)c1c(NC(=O)c2ccc(F)cc2)sc2c1CCC2. The fourth-order valence-corrected chi connectivity index (χ4v) is 3.86. The number of halogens is 1. The molecule has 0 saturated heterocycles. The van der Waals surface area contributed by atoms with Crippen LogP contribution in [0.4, 0.5) is 9.39 Å². The van der Waals surface area contributed by atoms with E-state index in [1.54, 1.807) is 0 Å². The minimum atomic E-state index is -0.436. The van der Waals surface area contributed by atoms with Crippen molar-refractivity contribution in [3.63, 3.8) is 0 Å². The molecule has 0 saturated carbocycles. The van der Waals surface area contributed by atoms with Crippen molar-refractivity contribution in [2.24, 2.45) is 0 Å². The number of aryl methyl sites for hydroxylation is 1. The highest BCUT2D eigenvalue weighted by molar-refractivity contribution is 7.17. The van der Waals surface area contributed by atoms with E-state index in [2.05, 4.69) is 5.32 Å². The van der Waals surface area contributed by atoms with E-state index in [1.165, 1.54) is 42.7 Å². The van der Waals surface area contributed by atoms with Gasteiger partial charge in [0.1, 0.15) is 10.8 Å². The molecule has 0 spiro atoms. The van der Waals surface area contributed by atoms with Gasteiger partial charge < -0.3 is 10.1 Å². The van der Waals surface area contributed by atoms with E-state index in [4.69, 9.17) is 4.74 Å². The predicted octanol–water partition coefficient (Wildman–Crippen LogP) is 3.41. The Morgan fingerprint density at radius 2 is 1.95 bits per heavy atom. The number of benzene rings is 1. The third-order valence-electron chi connectivity index (χ3n) is 3.64. The average molecular weight is 319 g/mol. The normalized spacial score (nSPS) is 12.8. The van der Waals surface area contributed by atoms with Gasteiger partial charge in [0.15, 0.2) is 0 Å². The summed E-state index contributed by atoms with van der Waals surface area (Å²) in [4.78, 5) is 25.4. The van der Waals surface area contributed by atoms with Crippen LogP contribution >= 0.6 is 11.3 Å². The topological polar surface area (TPSA) is 55.4 Å². The van der Waals surface area contributed by atoms with Crippen molar-refractivity contribution in [3.05, 3.63) is 51.7 Å². The molecule has 3 rings (SSSR count). The Labute approximate surface area is 130 Å². The Hall–Kier alpha value is -2.21. The maximum Gasteiger partial charge on any atom is 0.341 e. The first kappa shape index (κ1) is 14.7. The Bertz CT molecular complexity index is 737. The van der Waals surface area contributed by atoms with Gasteiger partial charge in [-0.25, -0.2) is 9.18 Å². The number of esters is 1. The van der Waals surface area contributed by atoms with E-state index in [9.17, 15) is 14.0 Å². The quantitative estimate of drug-likeness (QED) is 0.882. The fourth-order valence-electron chi connectivity index (χ4n) is 2.59. The third kappa shape index (κ3) is 2.62. The van der Waals surface area contributed by atoms with Gasteiger partial charge in [-0.1, -0.05) is 0 Å². The van der Waals surface area contributed by atoms with E-state index in [0.717, 1.165) is 29.7 Å². The number of fused-ring (bicyclic) bond motifs is 1. The zero-order valence-electron chi connectivity index (χ0n) is 11.9. The van der Waals surface area contributed by atoms with Crippen LogP contribution in [0.5, 0.6) is 0 Å². The molecule has 0 radical (unpaired) electrons. The zero-order chi connectivity index (χ0) is 15.7. The average Bonchev–Trinajstić information content (AvgIpc) is 3.07. The Morgan fingerprint density at radius 3 is 2.64 bits per heavy atom. The number of amides is 1. The second-order valence-electron chi connectivity index (χ2n) is 5.01. The van der Waals surface area contributed by atoms with Gasteiger partial charge in [0, 0.05) is 10.4 Å². The van der Waals surface area contributed by atoms with Crippen LogP contribution in [0.1, 0.15) is 37.6 Å². The van der Waals surface area contributed by atoms with Gasteiger partial charge in [0.05, 0.1) is 12.7 Å². The minimum Gasteiger partial charge on any atom is -0.465 e. The van der Waals surface area contributed by atoms with Gasteiger partial charge in [-0.15, -0.1) is 11.3 Å². The third-order valence-corrected chi connectivity index (χ3v) is 4.85. The van der Waals surface area contributed by atoms with Crippen LogP contribution in [-0.4, -0.2) is 19.0 Å². The molecule has 1 N–H and O–H groups in total. The molecule has 6 heteroatoms. The number of nitrogens with one attached hydrogen (secondary N) is 1. The second kappa shape index (κ2) is 5.88. The number of hydrogen-bond donors (Lipinski definition) is 1. The number of ether oxygens (including phenoxy) is 1. The lowest BCUT2D eigenvalue weighted by atomic mass is 10.1. The summed E-state index contributed by atoms with van der Waals surface area (Å²) in [6.07, 6.45) is 2.75. The van der Waals surface area contributed by atoms with Crippen molar-refractivity contribution in [3.8, 4) is 0 Å². The van der Waals surface area contributed by atoms with E-state index in [1.807, 2.05) is 0 Å². The van der Waals surface area contributed by atoms with E-state index in [-0.39, 0.29) is 5.91 Å². The first-order valence-corrected chi connectivity index (χ1v) is 7.71. The molecule has 1 aromatic carbocycles. The van der Waals surface area contributed by atoms with Gasteiger partial charge in [-0.2, -0.15) is 0 Å². The second-order valence-corrected chi connectivity index (χ2v) is 6.12. The van der Waals surface area contributed by atoms with Crippen molar-refractivity contribution >= 4 is 28.2 Å². The highest BCUT2D eigenvalue weighted by Crippen LogP contribution is 2.39. The molecule has 0 bridgehead atoms. The molecule has 0 atom stereocenters. The number of hydrogen-bond acceptors (Lipinski definition) is 4. The van der Waals surface area contributed by atoms with Crippen molar-refractivity contribution in [2.75, 3.05) is 12.4 Å². The lowest BCUT2D eigenvalue weighted by Gasteiger charge is -2.07. The van der Waals surface area contributed by atoms with Crippen LogP contribution < -0.4 is 5.32 Å². The molecule has 1 aliphatic rings. The van der Waals surface area contributed by atoms with Crippen molar-refractivity contribution in [1.29, 1.82) is 0 Å². The van der Waals surface area contributed by atoms with Crippen LogP contribution in [0.3, 0.4) is 0 Å². The zero-order valence-corrected chi connectivity index (χ0v) is 12.8. The molecule has 114 valence electrons. The van der Waals surface area contributed by atoms with Crippen LogP contribution in [0, 0.1) is 5.82 Å². The molecule has 1 heterocycles. The van der Waals surface area contributed by atoms with E-state index >= 15 is 0 Å². The molecule has 22 heavy (non-hydrogen) atoms. The minimum absolute atomic E-state index is 0.339. The molecular weight excluding hydrogens is 305 g/mol. The summed E-state index contributed by atoms with van der Waals surface area (Å²) in [5.41, 5.74) is 1.77. The molecule has 1 amide bonds. The first-order chi connectivity index (χ1) is 10.6. The first-order valence-electron chi connectivity index (χ1n) is 6.90. The lowest BCUT2D eigenvalue weighted by molar-refractivity contribution is 0.0601. The van der Waals surface area contributed by atoms with E-state index < -0.39 is 11.8 Å². The Balaban J connectivity index is 1.90. The Morgan fingerprint density at radius 1 is 1.23 bits per heavy atom. The molecule has 0 aliphatic heterocycles. The smallest absolute Gasteiger partial charge is 0.341 e. The number of rotatable bonds is 3. The fraction of sp³-hybridized carbons (Fsp3) is 0.250. The molecule has 0 unspecified atom stereocenters. The van der Waals surface area contributed by atoms with Crippen molar-refractivity contribution < 1.29 is 18.7 Å². The maximum atomic E-state index is 12.9. The lowest BCUT2D eigenvalue weighted by Crippen LogP contribution is -2.14. The van der Waals surface area contributed by atoms with Crippen molar-refractivity contribution in [2.45, 2.75) is 19.3 Å². The number of methoxy groups -OCH3 is 1. The summed E-state index contributed by atoms with van der Waals surface area (Å²) in [5, 5.41) is 3.25. The van der Waals surface area contributed by atoms with Crippen LogP contribution in [-0.2, 0) is 17.6 Å². The number of carbonyl (C=O) groups is 2. The summed E-state index contributed by atoms with van der Waals surface area (Å²) < 4.78 is 17.7. The molecular formula is C16H14FNO3S. The largest absolute Gasteiger partial charge is 0.465 e. The summed E-state index contributed by atoms with van der Waals surface area (Å²) in [7, 11) is 1.33. The summed E-state index contributed by atoms with van der Waals surface area (Å²) in [6.45, 7) is 0. The summed E-state index contributed by atoms with van der Waals surface area (Å²) in [5.74, 6) is -1.21. The van der Waals surface area contributed by atoms with Crippen LogP contribution in [0.2, 0.25) is 0 Å². The van der Waals surface area contributed by atoms with Gasteiger partial charge in [0.25, 0.3) is 5.91 Å². The predicted molar refractivity (Wildman–Crippen MR) is 82.0 cm³/mol. The highest BCUT2D eigenvalue weighted by Gasteiger charge is 2.28. The molecule has 2 aromatic rings.